The van der Waals surface area contributed by atoms with Crippen molar-refractivity contribution in [1.29, 1.82) is 0 Å². The average Bonchev–Trinajstić information content (AvgIpc) is 2.95. The third-order valence-corrected chi connectivity index (χ3v) is 3.05. The van der Waals surface area contributed by atoms with Crippen LogP contribution < -0.4 is 0 Å². The van der Waals surface area contributed by atoms with Crippen LogP contribution in [0.4, 0.5) is 0 Å². The Labute approximate surface area is 107 Å². The molecule has 2 rings (SSSR count). The largest absolute Gasteiger partial charge is 0.481 e. The molecule has 0 saturated carbocycles. The lowest BCUT2D eigenvalue weighted by molar-refractivity contribution is -0.138. The Balaban J connectivity index is 2.37. The van der Waals surface area contributed by atoms with E-state index in [1.807, 2.05) is 13.8 Å². The fourth-order valence-corrected chi connectivity index (χ4v) is 2.07. The maximum Gasteiger partial charge on any atom is 0.305 e. The second kappa shape index (κ2) is 5.17. The molecule has 1 N–H and O–H groups in total. The number of nitrogens with zero attached hydrogens (tertiary/aromatic N) is 6. The molecule has 9 heteroatoms. The van der Waals surface area contributed by atoms with Crippen LogP contribution >= 0.6 is 11.5 Å². The van der Waals surface area contributed by atoms with Crippen molar-refractivity contribution >= 4 is 17.5 Å². The van der Waals surface area contributed by atoms with Gasteiger partial charge in [-0.25, -0.2) is 4.68 Å². The minimum atomic E-state index is -0.883. The summed E-state index contributed by atoms with van der Waals surface area (Å²) in [4.78, 5) is 10.9. The highest BCUT2D eigenvalue weighted by atomic mass is 32.1. The van der Waals surface area contributed by atoms with Crippen LogP contribution in [0.25, 0.3) is 11.5 Å². The molecule has 0 radical (unpaired) electrons. The van der Waals surface area contributed by atoms with Crippen molar-refractivity contribution in [2.75, 3.05) is 0 Å². The van der Waals surface area contributed by atoms with E-state index in [9.17, 15) is 4.79 Å². The molecule has 1 unspecified atom stereocenters. The standard InChI is InChI=1S/C9H12N6O2S/c1-5(2)7(3-8(16)17)15-9(11-12-13-15)6-4-18-14-10-6/h4-5,7H,3H2,1-2H3,(H,16,17). The van der Waals surface area contributed by atoms with Gasteiger partial charge in [0.1, 0.15) is 5.69 Å². The third-order valence-electron chi connectivity index (χ3n) is 2.55. The van der Waals surface area contributed by atoms with Gasteiger partial charge in [0.05, 0.1) is 12.5 Å². The summed E-state index contributed by atoms with van der Waals surface area (Å²) >= 11 is 1.19. The Morgan fingerprint density at radius 2 is 2.28 bits per heavy atom. The van der Waals surface area contributed by atoms with Gasteiger partial charge in [0.2, 0.25) is 5.82 Å². The van der Waals surface area contributed by atoms with Crippen LogP contribution in [-0.4, -0.2) is 40.9 Å². The highest BCUT2D eigenvalue weighted by Gasteiger charge is 2.25. The summed E-state index contributed by atoms with van der Waals surface area (Å²) in [5, 5.41) is 25.9. The van der Waals surface area contributed by atoms with Gasteiger partial charge in [0.15, 0.2) is 0 Å². The maximum atomic E-state index is 10.9. The van der Waals surface area contributed by atoms with Crippen molar-refractivity contribution < 1.29 is 9.90 Å². The summed E-state index contributed by atoms with van der Waals surface area (Å²) < 4.78 is 5.26. The monoisotopic (exact) mass is 268 g/mol. The summed E-state index contributed by atoms with van der Waals surface area (Å²) in [5.41, 5.74) is 0.557. The molecular weight excluding hydrogens is 256 g/mol. The molecule has 8 nitrogen and oxygen atoms in total. The van der Waals surface area contributed by atoms with Crippen LogP contribution in [-0.2, 0) is 4.79 Å². The number of hydrogen-bond acceptors (Lipinski definition) is 7. The predicted octanol–water partition coefficient (Wildman–Crippen LogP) is 0.863. The van der Waals surface area contributed by atoms with Gasteiger partial charge in [-0.05, 0) is 27.9 Å². The van der Waals surface area contributed by atoms with E-state index in [1.165, 1.54) is 16.2 Å². The van der Waals surface area contributed by atoms with E-state index in [0.717, 1.165) is 0 Å². The van der Waals surface area contributed by atoms with Crippen LogP contribution in [0.2, 0.25) is 0 Å². The van der Waals surface area contributed by atoms with Crippen LogP contribution in [0.15, 0.2) is 5.38 Å². The summed E-state index contributed by atoms with van der Waals surface area (Å²) in [5.74, 6) is -0.342. The highest BCUT2D eigenvalue weighted by molar-refractivity contribution is 7.03. The van der Waals surface area contributed by atoms with E-state index in [4.69, 9.17) is 5.11 Å². The van der Waals surface area contributed by atoms with Gasteiger partial charge in [-0.1, -0.05) is 18.3 Å². The Morgan fingerprint density at radius 1 is 1.50 bits per heavy atom. The molecule has 96 valence electrons. The molecule has 0 aromatic carbocycles. The quantitative estimate of drug-likeness (QED) is 0.857. The molecule has 2 heterocycles. The summed E-state index contributed by atoms with van der Waals surface area (Å²) in [6, 6.07) is -0.311. The molecule has 0 bridgehead atoms. The van der Waals surface area contributed by atoms with Crippen LogP contribution in [0, 0.1) is 5.92 Å². The molecule has 0 aliphatic heterocycles. The molecule has 0 aliphatic rings. The number of carboxylic acid groups (broad SMARTS) is 1. The number of carbonyl (C=O) groups is 1. The number of carboxylic acids is 1. The molecule has 0 saturated heterocycles. The molecule has 0 spiro atoms. The van der Waals surface area contributed by atoms with Gasteiger partial charge in [-0.2, -0.15) is 0 Å². The first-order chi connectivity index (χ1) is 8.59. The van der Waals surface area contributed by atoms with Gasteiger partial charge < -0.3 is 5.11 Å². The predicted molar refractivity (Wildman–Crippen MR) is 62.8 cm³/mol. The second-order valence-electron chi connectivity index (χ2n) is 4.15. The lowest BCUT2D eigenvalue weighted by Crippen LogP contribution is -2.21. The zero-order valence-corrected chi connectivity index (χ0v) is 10.7. The van der Waals surface area contributed by atoms with Crippen molar-refractivity contribution in [2.45, 2.75) is 26.3 Å². The summed E-state index contributed by atoms with van der Waals surface area (Å²) in [6.07, 6.45) is -0.0345. The number of rotatable bonds is 5. The van der Waals surface area contributed by atoms with E-state index in [2.05, 4.69) is 25.1 Å². The number of aromatic nitrogens is 6. The third kappa shape index (κ3) is 2.50. The van der Waals surface area contributed by atoms with Gasteiger partial charge in [-0.15, -0.1) is 10.2 Å². The normalized spacial score (nSPS) is 12.8. The van der Waals surface area contributed by atoms with E-state index in [1.54, 1.807) is 5.38 Å². The lowest BCUT2D eigenvalue weighted by atomic mass is 10.0. The molecule has 0 aliphatic carbocycles. The van der Waals surface area contributed by atoms with Crippen molar-refractivity contribution in [3.8, 4) is 11.5 Å². The van der Waals surface area contributed by atoms with Crippen molar-refractivity contribution in [3.05, 3.63) is 5.38 Å². The second-order valence-corrected chi connectivity index (χ2v) is 4.76. The first kappa shape index (κ1) is 12.6. The summed E-state index contributed by atoms with van der Waals surface area (Å²) in [7, 11) is 0. The van der Waals surface area contributed by atoms with Gasteiger partial charge in [-0.3, -0.25) is 4.79 Å². The van der Waals surface area contributed by atoms with Crippen LogP contribution in [0.5, 0.6) is 0 Å². The zero-order chi connectivity index (χ0) is 13.1. The van der Waals surface area contributed by atoms with Gasteiger partial charge in [0, 0.05) is 5.38 Å². The summed E-state index contributed by atoms with van der Waals surface area (Å²) in [6.45, 7) is 3.86. The molecule has 0 amide bonds. The zero-order valence-electron chi connectivity index (χ0n) is 9.89. The van der Waals surface area contributed by atoms with E-state index < -0.39 is 5.97 Å². The smallest absolute Gasteiger partial charge is 0.305 e. The Bertz CT molecular complexity index is 523. The van der Waals surface area contributed by atoms with E-state index >= 15 is 0 Å². The van der Waals surface area contributed by atoms with E-state index in [-0.39, 0.29) is 18.4 Å². The van der Waals surface area contributed by atoms with Crippen molar-refractivity contribution in [2.24, 2.45) is 5.92 Å². The van der Waals surface area contributed by atoms with Gasteiger partial charge in [0.25, 0.3) is 0 Å². The first-order valence-electron chi connectivity index (χ1n) is 5.36. The fourth-order valence-electron chi connectivity index (χ4n) is 1.63. The molecule has 18 heavy (non-hydrogen) atoms. The lowest BCUT2D eigenvalue weighted by Gasteiger charge is -2.19. The first-order valence-corrected chi connectivity index (χ1v) is 6.20. The topological polar surface area (TPSA) is 107 Å². The SMILES string of the molecule is CC(C)C(CC(=O)O)n1nnnc1-c1csnn1. The molecule has 2 aromatic rings. The Kier molecular flexibility index (Phi) is 3.60. The molecule has 0 fully saturated rings. The molecule has 1 atom stereocenters. The number of tetrazole rings is 1. The molecular formula is C9H12N6O2S. The number of hydrogen-bond donors (Lipinski definition) is 1. The Hall–Kier alpha value is -1.90. The minimum absolute atomic E-state index is 0.0345. The Morgan fingerprint density at radius 3 is 2.83 bits per heavy atom. The fraction of sp³-hybridized carbons (Fsp3) is 0.556. The molecule has 2 aromatic heterocycles. The van der Waals surface area contributed by atoms with Gasteiger partial charge >= 0.3 is 5.97 Å². The van der Waals surface area contributed by atoms with Crippen LogP contribution in [0.3, 0.4) is 0 Å². The minimum Gasteiger partial charge on any atom is -0.481 e. The average molecular weight is 268 g/mol. The number of aliphatic carboxylic acids is 1. The van der Waals surface area contributed by atoms with Crippen molar-refractivity contribution in [3.63, 3.8) is 0 Å². The highest BCUT2D eigenvalue weighted by Crippen LogP contribution is 2.25. The van der Waals surface area contributed by atoms with Crippen LogP contribution in [0.1, 0.15) is 26.3 Å². The van der Waals surface area contributed by atoms with Crippen molar-refractivity contribution in [1.82, 2.24) is 29.8 Å². The maximum absolute atomic E-state index is 10.9. The van der Waals surface area contributed by atoms with E-state index in [0.29, 0.717) is 11.5 Å².